The molecule has 0 bridgehead atoms. The Labute approximate surface area is 153 Å². The number of fused-ring (bicyclic) bond motifs is 1. The number of carbonyl (C=O) groups excluding carboxylic acids is 1. The fraction of sp³-hybridized carbons (Fsp3) is 0.286. The van der Waals surface area contributed by atoms with Gasteiger partial charge in [0, 0.05) is 41.8 Å². The van der Waals surface area contributed by atoms with Crippen LogP contribution in [-0.4, -0.2) is 42.0 Å². The van der Waals surface area contributed by atoms with Gasteiger partial charge in [0.25, 0.3) is 5.91 Å². The van der Waals surface area contributed by atoms with Crippen molar-refractivity contribution in [1.82, 2.24) is 9.88 Å². The monoisotopic (exact) mass is 349 g/mol. The van der Waals surface area contributed by atoms with Crippen molar-refractivity contribution < 1.29 is 9.53 Å². The molecule has 0 radical (unpaired) electrons. The van der Waals surface area contributed by atoms with E-state index in [1.165, 1.54) is 0 Å². The van der Waals surface area contributed by atoms with Gasteiger partial charge in [-0.15, -0.1) is 0 Å². The van der Waals surface area contributed by atoms with E-state index in [9.17, 15) is 4.79 Å². The lowest BCUT2D eigenvalue weighted by Gasteiger charge is -2.32. The van der Waals surface area contributed by atoms with Crippen LogP contribution in [0.4, 0.5) is 5.69 Å². The molecule has 3 aromatic rings. The molecule has 0 saturated carbocycles. The lowest BCUT2D eigenvalue weighted by Crippen LogP contribution is -2.42. The summed E-state index contributed by atoms with van der Waals surface area (Å²) in [5, 5.41) is 4.62. The minimum atomic E-state index is 0.0843. The molecule has 0 spiro atoms. The van der Waals surface area contributed by atoms with E-state index in [1.807, 2.05) is 59.5 Å². The molecule has 1 saturated heterocycles. The molecule has 2 aromatic carbocycles. The molecule has 0 aliphatic carbocycles. The first-order valence-corrected chi connectivity index (χ1v) is 9.00. The number of ether oxygens (including phenoxy) is 1. The molecule has 2 N–H and O–H groups in total. The molecule has 0 atom stereocenters. The number of hydrogen-bond acceptors (Lipinski definition) is 3. The number of hydrogen-bond donors (Lipinski definition) is 2. The van der Waals surface area contributed by atoms with Crippen LogP contribution in [0, 0.1) is 0 Å². The average Bonchev–Trinajstić information content (AvgIpc) is 3.12. The number of piperidine rings is 1. The van der Waals surface area contributed by atoms with Gasteiger partial charge in [0.1, 0.15) is 11.4 Å². The number of rotatable bonds is 4. The molecular weight excluding hydrogens is 326 g/mol. The third kappa shape index (κ3) is 3.38. The van der Waals surface area contributed by atoms with Crippen molar-refractivity contribution in [3.8, 4) is 5.75 Å². The highest BCUT2D eigenvalue weighted by Crippen LogP contribution is 2.22. The van der Waals surface area contributed by atoms with Crippen LogP contribution in [0.15, 0.2) is 54.6 Å². The first kappa shape index (κ1) is 16.5. The predicted octanol–water partition coefficient (Wildman–Crippen LogP) is 3.89. The highest BCUT2D eigenvalue weighted by Gasteiger charge is 2.24. The van der Waals surface area contributed by atoms with E-state index in [4.69, 9.17) is 4.74 Å². The minimum Gasteiger partial charge on any atom is -0.497 e. The quantitative estimate of drug-likeness (QED) is 0.751. The average molecular weight is 349 g/mol. The van der Waals surface area contributed by atoms with Crippen molar-refractivity contribution in [3.63, 3.8) is 0 Å². The molecule has 0 unspecified atom stereocenters. The molecular formula is C21H23N3O2. The highest BCUT2D eigenvalue weighted by molar-refractivity contribution is 5.98. The van der Waals surface area contributed by atoms with E-state index < -0.39 is 0 Å². The lowest BCUT2D eigenvalue weighted by atomic mass is 10.0. The van der Waals surface area contributed by atoms with E-state index >= 15 is 0 Å². The van der Waals surface area contributed by atoms with E-state index in [2.05, 4.69) is 10.3 Å². The standard InChI is InChI=1S/C21H23N3O2/c1-26-18-7-4-6-17(14-18)22-16-9-11-24(12-10-16)21(25)20-13-15-5-2-3-8-19(15)23-20/h2-8,13-14,16,22-23H,9-12H2,1H3. The predicted molar refractivity (Wildman–Crippen MR) is 104 cm³/mol. The van der Waals surface area contributed by atoms with Crippen LogP contribution >= 0.6 is 0 Å². The van der Waals surface area contributed by atoms with Crippen molar-refractivity contribution in [2.45, 2.75) is 18.9 Å². The number of amides is 1. The number of aromatic nitrogens is 1. The van der Waals surface area contributed by atoms with Gasteiger partial charge in [-0.2, -0.15) is 0 Å². The van der Waals surface area contributed by atoms with Crippen molar-refractivity contribution in [2.75, 3.05) is 25.5 Å². The van der Waals surface area contributed by atoms with E-state index in [-0.39, 0.29) is 5.91 Å². The first-order valence-electron chi connectivity index (χ1n) is 9.00. The summed E-state index contributed by atoms with van der Waals surface area (Å²) in [7, 11) is 1.67. The largest absolute Gasteiger partial charge is 0.497 e. The Morgan fingerprint density at radius 2 is 1.92 bits per heavy atom. The van der Waals surface area contributed by atoms with Gasteiger partial charge in [-0.05, 0) is 37.1 Å². The van der Waals surface area contributed by atoms with Crippen LogP contribution in [-0.2, 0) is 0 Å². The van der Waals surface area contributed by atoms with Crippen molar-refractivity contribution in [1.29, 1.82) is 0 Å². The van der Waals surface area contributed by atoms with Gasteiger partial charge < -0.3 is 19.9 Å². The maximum atomic E-state index is 12.8. The number of methoxy groups -OCH3 is 1. The molecule has 5 heteroatoms. The van der Waals surface area contributed by atoms with Gasteiger partial charge in [0.05, 0.1) is 7.11 Å². The molecule has 26 heavy (non-hydrogen) atoms. The van der Waals surface area contributed by atoms with Crippen LogP contribution in [0.1, 0.15) is 23.3 Å². The van der Waals surface area contributed by atoms with Crippen LogP contribution in [0.3, 0.4) is 0 Å². The van der Waals surface area contributed by atoms with Crippen LogP contribution in [0.2, 0.25) is 0 Å². The van der Waals surface area contributed by atoms with Gasteiger partial charge in [-0.25, -0.2) is 0 Å². The molecule has 2 heterocycles. The molecule has 134 valence electrons. The van der Waals surface area contributed by atoms with Gasteiger partial charge in [0.15, 0.2) is 0 Å². The van der Waals surface area contributed by atoms with Crippen molar-refractivity contribution >= 4 is 22.5 Å². The summed E-state index contributed by atoms with van der Waals surface area (Å²) < 4.78 is 5.27. The second-order valence-corrected chi connectivity index (χ2v) is 6.71. The summed E-state index contributed by atoms with van der Waals surface area (Å²) in [6.45, 7) is 1.52. The number of nitrogens with zero attached hydrogens (tertiary/aromatic N) is 1. The summed E-state index contributed by atoms with van der Waals surface area (Å²) in [6, 6.07) is 18.3. The molecule has 4 rings (SSSR count). The van der Waals surface area contributed by atoms with Gasteiger partial charge in [0.2, 0.25) is 0 Å². The van der Waals surface area contributed by atoms with Gasteiger partial charge in [-0.3, -0.25) is 4.79 Å². The Morgan fingerprint density at radius 1 is 1.12 bits per heavy atom. The Balaban J connectivity index is 1.37. The lowest BCUT2D eigenvalue weighted by molar-refractivity contribution is 0.0713. The van der Waals surface area contributed by atoms with Crippen molar-refractivity contribution in [3.05, 3.63) is 60.3 Å². The van der Waals surface area contributed by atoms with Gasteiger partial charge >= 0.3 is 0 Å². The smallest absolute Gasteiger partial charge is 0.270 e. The summed E-state index contributed by atoms with van der Waals surface area (Å²) in [4.78, 5) is 18.0. The van der Waals surface area contributed by atoms with E-state index in [0.29, 0.717) is 11.7 Å². The summed E-state index contributed by atoms with van der Waals surface area (Å²) in [6.07, 6.45) is 1.87. The number of aromatic amines is 1. The third-order valence-corrected chi connectivity index (χ3v) is 4.98. The summed E-state index contributed by atoms with van der Waals surface area (Å²) >= 11 is 0. The van der Waals surface area contributed by atoms with Gasteiger partial charge in [-0.1, -0.05) is 24.3 Å². The third-order valence-electron chi connectivity index (χ3n) is 4.98. The highest BCUT2D eigenvalue weighted by atomic mass is 16.5. The minimum absolute atomic E-state index is 0.0843. The fourth-order valence-electron chi connectivity index (χ4n) is 3.53. The zero-order valence-electron chi connectivity index (χ0n) is 14.9. The second kappa shape index (κ2) is 7.12. The number of para-hydroxylation sites is 1. The number of H-pyrrole nitrogens is 1. The molecule has 1 aliphatic heterocycles. The first-order chi connectivity index (χ1) is 12.7. The molecule has 1 aliphatic rings. The van der Waals surface area contributed by atoms with E-state index in [0.717, 1.165) is 48.3 Å². The van der Waals surface area contributed by atoms with Crippen molar-refractivity contribution in [2.24, 2.45) is 0 Å². The Hall–Kier alpha value is -2.95. The number of benzene rings is 2. The SMILES string of the molecule is COc1cccc(NC2CCN(C(=O)c3cc4ccccc4[nH]3)CC2)c1. The molecule has 1 amide bonds. The Kier molecular flexibility index (Phi) is 4.52. The molecule has 1 aromatic heterocycles. The number of carbonyl (C=O) groups is 1. The number of likely N-dealkylation sites (tertiary alicyclic amines) is 1. The van der Waals surface area contributed by atoms with E-state index in [1.54, 1.807) is 7.11 Å². The van der Waals surface area contributed by atoms with Crippen LogP contribution in [0.5, 0.6) is 5.75 Å². The molecule has 5 nitrogen and oxygen atoms in total. The van der Waals surface area contributed by atoms with Crippen LogP contribution in [0.25, 0.3) is 10.9 Å². The topological polar surface area (TPSA) is 57.4 Å². The normalized spacial score (nSPS) is 15.2. The summed E-state index contributed by atoms with van der Waals surface area (Å²) in [5.74, 6) is 0.933. The zero-order chi connectivity index (χ0) is 17.9. The Morgan fingerprint density at radius 3 is 2.69 bits per heavy atom. The zero-order valence-corrected chi connectivity index (χ0v) is 14.9. The maximum Gasteiger partial charge on any atom is 0.270 e. The second-order valence-electron chi connectivity index (χ2n) is 6.71. The number of nitrogens with one attached hydrogen (secondary N) is 2. The molecule has 1 fully saturated rings. The summed E-state index contributed by atoms with van der Waals surface area (Å²) in [5.41, 5.74) is 2.74. The maximum absolute atomic E-state index is 12.8. The fourth-order valence-corrected chi connectivity index (χ4v) is 3.53. The Bertz CT molecular complexity index is 877. The number of anilines is 1. The van der Waals surface area contributed by atoms with Crippen LogP contribution < -0.4 is 10.1 Å².